The molecule has 0 N–H and O–H groups in total. The van der Waals surface area contributed by atoms with Gasteiger partial charge in [0.25, 0.3) is 0 Å². The van der Waals surface area contributed by atoms with Crippen molar-refractivity contribution < 1.29 is 22.9 Å². The summed E-state index contributed by atoms with van der Waals surface area (Å²) in [5.74, 6) is 0. The summed E-state index contributed by atoms with van der Waals surface area (Å²) < 4.78 is 33.9. The normalized spacial score (nSPS) is 25.4. The van der Waals surface area contributed by atoms with E-state index in [4.69, 9.17) is 18.3 Å². The van der Waals surface area contributed by atoms with Crippen LogP contribution in [-0.2, 0) is 29.5 Å². The lowest BCUT2D eigenvalue weighted by molar-refractivity contribution is -0.0411. The second-order valence-electron chi connectivity index (χ2n) is 4.93. The fourth-order valence-corrected chi connectivity index (χ4v) is 3.49. The van der Waals surface area contributed by atoms with Gasteiger partial charge in [0, 0.05) is 20.4 Å². The molecule has 3 unspecified atom stereocenters. The molecule has 0 aliphatic heterocycles. The average molecular weight is 315 g/mol. The Bertz CT molecular complexity index is 470. The zero-order chi connectivity index (χ0) is 15.1. The molecule has 0 bridgehead atoms. The molecule has 1 heterocycles. The first kappa shape index (κ1) is 16.6. The Balaban J connectivity index is 1.95. The third-order valence-corrected chi connectivity index (χ3v) is 4.95. The van der Waals surface area contributed by atoms with E-state index in [1.54, 1.807) is 25.4 Å². The molecule has 7 heteroatoms. The molecule has 1 aliphatic rings. The van der Waals surface area contributed by atoms with Crippen molar-refractivity contribution in [3.8, 4) is 0 Å². The predicted octanol–water partition coefficient (Wildman–Crippen LogP) is 3.33. The molecule has 0 spiro atoms. The van der Waals surface area contributed by atoms with E-state index in [1.165, 1.54) is 7.11 Å². The quantitative estimate of drug-likeness (QED) is 0.719. The average Bonchev–Trinajstić information content (AvgIpc) is 2.54. The Hall–Kier alpha value is -0.780. The molecular weight excluding hydrogens is 293 g/mol. The van der Waals surface area contributed by atoms with Crippen molar-refractivity contribution in [3.63, 3.8) is 0 Å². The molecule has 0 aromatic carbocycles. The summed E-state index contributed by atoms with van der Waals surface area (Å²) in [6, 6.07) is 5.44. The minimum atomic E-state index is -3.60. The van der Waals surface area contributed by atoms with Gasteiger partial charge in [0.2, 0.25) is 0 Å². The van der Waals surface area contributed by atoms with Crippen molar-refractivity contribution in [1.82, 2.24) is 4.98 Å². The van der Waals surface area contributed by atoms with Crippen LogP contribution < -0.4 is 0 Å². The van der Waals surface area contributed by atoms with Crippen LogP contribution in [0.2, 0.25) is 0 Å². The van der Waals surface area contributed by atoms with Gasteiger partial charge in [-0.05, 0) is 25.0 Å². The van der Waals surface area contributed by atoms with Gasteiger partial charge in [-0.3, -0.25) is 18.6 Å². The van der Waals surface area contributed by atoms with E-state index >= 15 is 0 Å². The summed E-state index contributed by atoms with van der Waals surface area (Å²) in [6.07, 6.45) is 5.11. The van der Waals surface area contributed by atoms with Crippen LogP contribution >= 0.6 is 7.82 Å². The number of methoxy groups -OCH3 is 1. The maximum Gasteiger partial charge on any atom is 0.475 e. The zero-order valence-corrected chi connectivity index (χ0v) is 13.3. The van der Waals surface area contributed by atoms with Crippen LogP contribution in [0.3, 0.4) is 0 Å². The van der Waals surface area contributed by atoms with Crippen LogP contribution in [0.4, 0.5) is 0 Å². The number of phosphoric acid groups is 1. The van der Waals surface area contributed by atoms with Crippen molar-refractivity contribution in [3.05, 3.63) is 30.1 Å². The molecule has 21 heavy (non-hydrogen) atoms. The molecule has 1 aliphatic carbocycles. The molecule has 0 amide bonds. The highest BCUT2D eigenvalue weighted by atomic mass is 31.2. The van der Waals surface area contributed by atoms with E-state index in [0.717, 1.165) is 25.7 Å². The van der Waals surface area contributed by atoms with E-state index in [-0.39, 0.29) is 18.8 Å². The van der Waals surface area contributed by atoms with Crippen molar-refractivity contribution in [1.29, 1.82) is 0 Å². The van der Waals surface area contributed by atoms with E-state index in [9.17, 15) is 4.57 Å². The molecule has 0 saturated heterocycles. The summed E-state index contributed by atoms with van der Waals surface area (Å²) in [6.45, 7) is 0.0797. The third kappa shape index (κ3) is 4.87. The fraction of sp³-hybridized carbons (Fsp3) is 0.643. The van der Waals surface area contributed by atoms with Crippen LogP contribution in [0.25, 0.3) is 0 Å². The third-order valence-electron chi connectivity index (χ3n) is 3.53. The highest BCUT2D eigenvalue weighted by Crippen LogP contribution is 2.52. The number of nitrogens with zero attached hydrogens (tertiary/aromatic N) is 1. The highest BCUT2D eigenvalue weighted by molar-refractivity contribution is 7.48. The molecule has 3 atom stereocenters. The minimum absolute atomic E-state index is 0.0688. The summed E-state index contributed by atoms with van der Waals surface area (Å²) in [5.41, 5.74) is 0.672. The summed E-state index contributed by atoms with van der Waals surface area (Å²) in [4.78, 5) is 4.11. The van der Waals surface area contributed by atoms with Gasteiger partial charge in [-0.1, -0.05) is 18.9 Å². The molecule has 0 radical (unpaired) electrons. The molecule has 1 saturated carbocycles. The van der Waals surface area contributed by atoms with E-state index in [2.05, 4.69) is 4.98 Å². The SMILES string of the molecule is COC1CCCCC1OP(=O)(OC)OCc1ccccn1. The fourth-order valence-electron chi connectivity index (χ4n) is 2.37. The number of pyridine rings is 1. The van der Waals surface area contributed by atoms with Crippen molar-refractivity contribution in [2.45, 2.75) is 44.5 Å². The first-order chi connectivity index (χ1) is 10.2. The van der Waals surface area contributed by atoms with Crippen molar-refractivity contribution in [2.75, 3.05) is 14.2 Å². The van der Waals surface area contributed by atoms with Crippen LogP contribution in [0.1, 0.15) is 31.4 Å². The first-order valence-electron chi connectivity index (χ1n) is 7.08. The molecule has 1 aromatic rings. The Morgan fingerprint density at radius 3 is 2.62 bits per heavy atom. The van der Waals surface area contributed by atoms with Crippen molar-refractivity contribution in [2.24, 2.45) is 0 Å². The Kier molecular flexibility index (Phi) is 6.33. The van der Waals surface area contributed by atoms with Gasteiger partial charge in [-0.2, -0.15) is 0 Å². The number of phosphoric ester groups is 1. The Morgan fingerprint density at radius 2 is 2.00 bits per heavy atom. The standard InChI is InChI=1S/C14H22NO5P/c1-17-13-8-3-4-9-14(13)20-21(16,18-2)19-11-12-7-5-6-10-15-12/h5-7,10,13-14H,3-4,8-9,11H2,1-2H3. The largest absolute Gasteiger partial charge is 0.475 e. The number of ether oxygens (including phenoxy) is 1. The van der Waals surface area contributed by atoms with E-state index in [1.807, 2.05) is 6.07 Å². The van der Waals surface area contributed by atoms with Gasteiger partial charge in [0.15, 0.2) is 0 Å². The summed E-state index contributed by atoms with van der Waals surface area (Å²) in [7, 11) is -0.644. The second kappa shape index (κ2) is 8.01. The molecule has 1 fully saturated rings. The van der Waals surface area contributed by atoms with Crippen LogP contribution in [0.5, 0.6) is 0 Å². The molecule has 1 aromatic heterocycles. The highest BCUT2D eigenvalue weighted by Gasteiger charge is 2.35. The van der Waals surface area contributed by atoms with E-state index < -0.39 is 7.82 Å². The zero-order valence-electron chi connectivity index (χ0n) is 12.4. The Morgan fingerprint density at radius 1 is 1.24 bits per heavy atom. The minimum Gasteiger partial charge on any atom is -0.379 e. The maximum atomic E-state index is 12.5. The Labute approximate surface area is 125 Å². The molecular formula is C14H22NO5P. The number of aromatic nitrogens is 1. The smallest absolute Gasteiger partial charge is 0.379 e. The van der Waals surface area contributed by atoms with Gasteiger partial charge in [0.1, 0.15) is 6.61 Å². The van der Waals surface area contributed by atoms with Gasteiger partial charge in [0.05, 0.1) is 17.9 Å². The molecule has 6 nitrogen and oxygen atoms in total. The second-order valence-corrected chi connectivity index (χ2v) is 6.66. The van der Waals surface area contributed by atoms with Gasteiger partial charge < -0.3 is 4.74 Å². The van der Waals surface area contributed by atoms with Crippen LogP contribution in [-0.4, -0.2) is 31.4 Å². The van der Waals surface area contributed by atoms with Crippen LogP contribution in [0.15, 0.2) is 24.4 Å². The number of hydrogen-bond donors (Lipinski definition) is 0. The number of rotatable bonds is 7. The van der Waals surface area contributed by atoms with Gasteiger partial charge in [-0.25, -0.2) is 4.57 Å². The summed E-state index contributed by atoms with van der Waals surface area (Å²) in [5, 5.41) is 0. The van der Waals surface area contributed by atoms with Crippen LogP contribution in [0, 0.1) is 0 Å². The lowest BCUT2D eigenvalue weighted by Crippen LogP contribution is -2.33. The van der Waals surface area contributed by atoms with Crippen molar-refractivity contribution >= 4 is 7.82 Å². The lowest BCUT2D eigenvalue weighted by atomic mass is 9.95. The molecule has 2 rings (SSSR count). The topological polar surface area (TPSA) is 66.9 Å². The number of hydrogen-bond acceptors (Lipinski definition) is 6. The molecule has 118 valence electrons. The first-order valence-corrected chi connectivity index (χ1v) is 8.54. The maximum absolute atomic E-state index is 12.5. The lowest BCUT2D eigenvalue weighted by Gasteiger charge is -2.31. The van der Waals surface area contributed by atoms with Gasteiger partial charge in [-0.15, -0.1) is 0 Å². The van der Waals surface area contributed by atoms with E-state index in [0.29, 0.717) is 5.69 Å². The monoisotopic (exact) mass is 315 g/mol. The van der Waals surface area contributed by atoms with Gasteiger partial charge >= 0.3 is 7.82 Å². The summed E-state index contributed by atoms with van der Waals surface area (Å²) >= 11 is 0. The predicted molar refractivity (Wildman–Crippen MR) is 77.8 cm³/mol.